The number of methoxy groups -OCH3 is 1. The normalized spacial score (nSPS) is 12.7. The minimum absolute atomic E-state index is 0.265. The van der Waals surface area contributed by atoms with E-state index in [2.05, 4.69) is 15.9 Å². The second-order valence-electron chi connectivity index (χ2n) is 4.79. The van der Waals surface area contributed by atoms with Crippen LogP contribution in [0.2, 0.25) is 0 Å². The Labute approximate surface area is 125 Å². The number of aryl methyl sites for hydroxylation is 2. The predicted molar refractivity (Wildman–Crippen MR) is 81.2 cm³/mol. The van der Waals surface area contributed by atoms with Crippen LogP contribution in [0.3, 0.4) is 0 Å². The number of rotatable bonds is 4. The molecule has 1 atom stereocenters. The highest BCUT2D eigenvalue weighted by atomic mass is 79.9. The monoisotopic (exact) mass is 340 g/mol. The fourth-order valence-corrected chi connectivity index (χ4v) is 2.99. The molecule has 0 fully saturated rings. The van der Waals surface area contributed by atoms with E-state index in [1.54, 1.807) is 7.11 Å². The highest BCUT2D eigenvalue weighted by molar-refractivity contribution is 9.10. The zero-order chi connectivity index (χ0) is 15.0. The number of benzene rings is 1. The summed E-state index contributed by atoms with van der Waals surface area (Å²) in [6.45, 7) is 1.99. The summed E-state index contributed by atoms with van der Waals surface area (Å²) in [5.74, 6) is -0.251. The molecule has 0 aliphatic carbocycles. The summed E-state index contributed by atoms with van der Waals surface area (Å²) in [4.78, 5) is 11.0. The maximum Gasteiger partial charge on any atom is 0.320 e. The standard InChI is InChI=1S/C14H17BrN2O3/c1-7-4-5-10(20-3)12-11(7)8(13(15)17(12)2)6-9(16)14(18)19/h4-5,9H,6,16H2,1-3H3,(H,18,19). The minimum atomic E-state index is -1.01. The van der Waals surface area contributed by atoms with Crippen LogP contribution in [0.5, 0.6) is 5.75 Å². The van der Waals surface area contributed by atoms with Crippen molar-refractivity contribution >= 4 is 32.8 Å². The number of hydrogen-bond acceptors (Lipinski definition) is 3. The SMILES string of the molecule is COc1ccc(C)c2c(CC(N)C(=O)O)c(Br)n(C)c12. The van der Waals surface area contributed by atoms with E-state index in [0.717, 1.165) is 32.4 Å². The third kappa shape index (κ3) is 2.29. The van der Waals surface area contributed by atoms with Crippen molar-refractivity contribution in [2.75, 3.05) is 7.11 Å². The number of ether oxygens (including phenoxy) is 1. The summed E-state index contributed by atoms with van der Waals surface area (Å²) >= 11 is 3.53. The van der Waals surface area contributed by atoms with E-state index in [1.165, 1.54) is 0 Å². The molecule has 2 aromatic rings. The first-order valence-corrected chi connectivity index (χ1v) is 6.96. The van der Waals surface area contributed by atoms with Crippen LogP contribution in [-0.4, -0.2) is 28.8 Å². The highest BCUT2D eigenvalue weighted by Crippen LogP contribution is 2.37. The number of carboxylic acid groups (broad SMARTS) is 1. The molecular weight excluding hydrogens is 324 g/mol. The Balaban J connectivity index is 2.72. The molecule has 0 radical (unpaired) electrons. The Bertz CT molecular complexity index is 679. The van der Waals surface area contributed by atoms with Crippen LogP contribution in [0.25, 0.3) is 10.9 Å². The lowest BCUT2D eigenvalue weighted by atomic mass is 10.0. The van der Waals surface area contributed by atoms with E-state index in [-0.39, 0.29) is 6.42 Å². The number of aromatic nitrogens is 1. The second kappa shape index (κ2) is 5.46. The van der Waals surface area contributed by atoms with Crippen molar-refractivity contribution in [3.8, 4) is 5.75 Å². The van der Waals surface area contributed by atoms with E-state index >= 15 is 0 Å². The number of aliphatic carboxylic acids is 1. The van der Waals surface area contributed by atoms with Gasteiger partial charge in [0.15, 0.2) is 0 Å². The van der Waals surface area contributed by atoms with Gasteiger partial charge in [0.25, 0.3) is 0 Å². The molecule has 0 saturated carbocycles. The van der Waals surface area contributed by atoms with Gasteiger partial charge in [0.05, 0.1) is 17.2 Å². The number of carbonyl (C=O) groups is 1. The lowest BCUT2D eigenvalue weighted by Gasteiger charge is -2.08. The van der Waals surface area contributed by atoms with Crippen LogP contribution < -0.4 is 10.5 Å². The van der Waals surface area contributed by atoms with Crippen molar-refractivity contribution in [3.63, 3.8) is 0 Å². The highest BCUT2D eigenvalue weighted by Gasteiger charge is 2.22. The maximum atomic E-state index is 11.0. The quantitative estimate of drug-likeness (QED) is 0.894. The number of halogens is 1. The molecule has 20 heavy (non-hydrogen) atoms. The minimum Gasteiger partial charge on any atom is -0.495 e. The van der Waals surface area contributed by atoms with Gasteiger partial charge in [-0.15, -0.1) is 0 Å². The maximum absolute atomic E-state index is 11.0. The van der Waals surface area contributed by atoms with E-state index < -0.39 is 12.0 Å². The molecule has 6 heteroatoms. The molecule has 1 unspecified atom stereocenters. The molecule has 5 nitrogen and oxygen atoms in total. The third-order valence-corrected chi connectivity index (χ3v) is 4.50. The van der Waals surface area contributed by atoms with Gasteiger partial charge in [-0.05, 0) is 40.0 Å². The topological polar surface area (TPSA) is 77.5 Å². The Morgan fingerprint density at radius 2 is 2.20 bits per heavy atom. The summed E-state index contributed by atoms with van der Waals surface area (Å²) in [6.07, 6.45) is 0.265. The molecule has 2 rings (SSSR count). The summed E-state index contributed by atoms with van der Waals surface area (Å²) in [5, 5.41) is 10.0. The first kappa shape index (κ1) is 14.9. The number of nitrogens with two attached hydrogens (primary N) is 1. The van der Waals surface area contributed by atoms with Gasteiger partial charge in [-0.1, -0.05) is 6.07 Å². The number of nitrogens with zero attached hydrogens (tertiary/aromatic N) is 1. The molecule has 0 saturated heterocycles. The summed E-state index contributed by atoms with van der Waals surface area (Å²) in [5.41, 5.74) is 8.58. The number of carboxylic acids is 1. The molecule has 0 amide bonds. The zero-order valence-electron chi connectivity index (χ0n) is 11.6. The summed E-state index contributed by atoms with van der Waals surface area (Å²) in [6, 6.07) is 2.94. The Morgan fingerprint density at radius 3 is 2.75 bits per heavy atom. The molecule has 0 bridgehead atoms. The number of hydrogen-bond donors (Lipinski definition) is 2. The Kier molecular flexibility index (Phi) is 4.06. The first-order valence-electron chi connectivity index (χ1n) is 6.17. The van der Waals surface area contributed by atoms with E-state index in [0.29, 0.717) is 0 Å². The van der Waals surface area contributed by atoms with Gasteiger partial charge < -0.3 is 20.1 Å². The van der Waals surface area contributed by atoms with E-state index in [9.17, 15) is 4.79 Å². The Hall–Kier alpha value is -1.53. The van der Waals surface area contributed by atoms with Crippen molar-refractivity contribution in [2.24, 2.45) is 12.8 Å². The van der Waals surface area contributed by atoms with Crippen LogP contribution in [0.4, 0.5) is 0 Å². The van der Waals surface area contributed by atoms with Crippen LogP contribution in [0, 0.1) is 6.92 Å². The fourth-order valence-electron chi connectivity index (χ4n) is 2.45. The fraction of sp³-hybridized carbons (Fsp3) is 0.357. The van der Waals surface area contributed by atoms with Gasteiger partial charge in [0.1, 0.15) is 11.8 Å². The predicted octanol–water partition coefficient (Wildman–Crippen LogP) is 2.21. The smallest absolute Gasteiger partial charge is 0.320 e. The van der Waals surface area contributed by atoms with Gasteiger partial charge in [0.2, 0.25) is 0 Å². The summed E-state index contributed by atoms with van der Waals surface area (Å²) in [7, 11) is 3.53. The van der Waals surface area contributed by atoms with Gasteiger partial charge in [-0.3, -0.25) is 4.79 Å². The average Bonchev–Trinajstić information content (AvgIpc) is 2.65. The van der Waals surface area contributed by atoms with Crippen LogP contribution >= 0.6 is 15.9 Å². The molecule has 1 aromatic carbocycles. The molecule has 0 aliphatic heterocycles. The molecule has 3 N–H and O–H groups in total. The molecule has 0 spiro atoms. The largest absolute Gasteiger partial charge is 0.495 e. The summed E-state index contributed by atoms with van der Waals surface area (Å²) < 4.78 is 8.17. The van der Waals surface area contributed by atoms with Gasteiger partial charge in [-0.2, -0.15) is 0 Å². The van der Waals surface area contributed by atoms with Gasteiger partial charge in [0, 0.05) is 18.9 Å². The van der Waals surface area contributed by atoms with Crippen molar-refractivity contribution in [1.82, 2.24) is 4.57 Å². The van der Waals surface area contributed by atoms with E-state index in [1.807, 2.05) is 30.7 Å². The van der Waals surface area contributed by atoms with Crippen molar-refractivity contribution in [1.29, 1.82) is 0 Å². The molecule has 1 aromatic heterocycles. The third-order valence-electron chi connectivity index (χ3n) is 3.49. The van der Waals surface area contributed by atoms with Crippen molar-refractivity contribution < 1.29 is 14.6 Å². The molecule has 1 heterocycles. The Morgan fingerprint density at radius 1 is 1.55 bits per heavy atom. The molecular formula is C14H17BrN2O3. The second-order valence-corrected chi connectivity index (χ2v) is 5.54. The van der Waals surface area contributed by atoms with Gasteiger partial charge in [-0.25, -0.2) is 0 Å². The van der Waals surface area contributed by atoms with Crippen LogP contribution in [-0.2, 0) is 18.3 Å². The van der Waals surface area contributed by atoms with Gasteiger partial charge >= 0.3 is 5.97 Å². The van der Waals surface area contributed by atoms with Crippen LogP contribution in [0.15, 0.2) is 16.7 Å². The number of fused-ring (bicyclic) bond motifs is 1. The average molecular weight is 341 g/mol. The molecule has 108 valence electrons. The van der Waals surface area contributed by atoms with Crippen molar-refractivity contribution in [3.05, 3.63) is 27.9 Å². The molecule has 0 aliphatic rings. The van der Waals surface area contributed by atoms with Crippen molar-refractivity contribution in [2.45, 2.75) is 19.4 Å². The lowest BCUT2D eigenvalue weighted by Crippen LogP contribution is -2.32. The zero-order valence-corrected chi connectivity index (χ0v) is 13.2. The lowest BCUT2D eigenvalue weighted by molar-refractivity contribution is -0.138. The van der Waals surface area contributed by atoms with Crippen LogP contribution in [0.1, 0.15) is 11.1 Å². The van der Waals surface area contributed by atoms with E-state index in [4.69, 9.17) is 15.6 Å². The first-order chi connectivity index (χ1) is 9.38.